The molecular weight excluding hydrogens is 230 g/mol. The molecule has 7 heteroatoms. The zero-order valence-corrected chi connectivity index (χ0v) is 9.57. The van der Waals surface area contributed by atoms with E-state index in [1.165, 1.54) is 19.2 Å². The Morgan fingerprint density at radius 2 is 1.81 bits per heavy atom. The van der Waals surface area contributed by atoms with Crippen LogP contribution in [-0.2, 0) is 16.8 Å². The predicted molar refractivity (Wildman–Crippen MR) is 59.5 cm³/mol. The molecule has 0 aliphatic carbocycles. The molecule has 0 saturated carbocycles. The summed E-state index contributed by atoms with van der Waals surface area (Å²) < 4.78 is 22.9. The molecule has 0 atom stereocenters. The summed E-state index contributed by atoms with van der Waals surface area (Å²) in [5, 5.41) is 4.93. The summed E-state index contributed by atoms with van der Waals surface area (Å²) in [5.41, 5.74) is 6.17. The van der Waals surface area contributed by atoms with Gasteiger partial charge in [-0.05, 0) is 17.7 Å². The molecule has 88 valence electrons. The monoisotopic (exact) mass is 243 g/mol. The molecule has 0 bridgehead atoms. The Labute approximate surface area is 94.0 Å². The van der Waals surface area contributed by atoms with Gasteiger partial charge in [-0.3, -0.25) is 4.79 Å². The second-order valence-electron chi connectivity index (χ2n) is 3.36. The van der Waals surface area contributed by atoms with Gasteiger partial charge in [-0.1, -0.05) is 12.1 Å². The van der Waals surface area contributed by atoms with Gasteiger partial charge < -0.3 is 5.73 Å². The normalized spacial score (nSPS) is 11.7. The quantitative estimate of drug-likeness (QED) is 0.738. The lowest BCUT2D eigenvalue weighted by molar-refractivity contribution is 0.100. The lowest BCUT2D eigenvalue weighted by Gasteiger charge is -2.13. The van der Waals surface area contributed by atoms with Gasteiger partial charge in [-0.2, -0.15) is 12.7 Å². The van der Waals surface area contributed by atoms with E-state index in [1.54, 1.807) is 12.1 Å². The van der Waals surface area contributed by atoms with Crippen molar-refractivity contribution in [2.24, 2.45) is 10.9 Å². The van der Waals surface area contributed by atoms with Gasteiger partial charge in [0.1, 0.15) is 0 Å². The van der Waals surface area contributed by atoms with Crippen molar-refractivity contribution < 1.29 is 13.2 Å². The summed E-state index contributed by atoms with van der Waals surface area (Å²) in [5.74, 6) is -0.522. The van der Waals surface area contributed by atoms with Crippen LogP contribution in [0.2, 0.25) is 0 Å². The Kier molecular flexibility index (Phi) is 3.63. The smallest absolute Gasteiger partial charge is 0.276 e. The summed E-state index contributed by atoms with van der Waals surface area (Å²) in [4.78, 5) is 10.8. The van der Waals surface area contributed by atoms with Gasteiger partial charge in [-0.15, -0.1) is 0 Å². The third-order valence-electron chi connectivity index (χ3n) is 2.08. The van der Waals surface area contributed by atoms with Crippen molar-refractivity contribution in [1.82, 2.24) is 4.31 Å². The van der Waals surface area contributed by atoms with E-state index in [1.807, 2.05) is 0 Å². The minimum absolute atomic E-state index is 0.151. The molecule has 1 aromatic carbocycles. The first kappa shape index (κ1) is 12.6. The average molecular weight is 243 g/mol. The molecule has 6 nitrogen and oxygen atoms in total. The molecule has 1 rings (SSSR count). The number of rotatable bonds is 4. The molecule has 0 aliphatic rings. The Balaban J connectivity index is 2.81. The minimum Gasteiger partial charge on any atom is -0.366 e. The van der Waals surface area contributed by atoms with Gasteiger partial charge >= 0.3 is 0 Å². The first-order chi connectivity index (χ1) is 7.30. The molecule has 16 heavy (non-hydrogen) atoms. The molecule has 0 fully saturated rings. The summed E-state index contributed by atoms with van der Waals surface area (Å²) >= 11 is 0. The highest BCUT2D eigenvalue weighted by molar-refractivity contribution is 7.86. The number of nitrogens with two attached hydrogens (primary N) is 2. The van der Waals surface area contributed by atoms with Crippen molar-refractivity contribution in [3.8, 4) is 0 Å². The second-order valence-corrected chi connectivity index (χ2v) is 5.02. The molecular formula is C9H13N3O3S. The third-order valence-corrected chi connectivity index (χ3v) is 3.08. The molecule has 0 unspecified atom stereocenters. The molecule has 0 radical (unpaired) electrons. The van der Waals surface area contributed by atoms with Gasteiger partial charge in [0.05, 0.1) is 0 Å². The SMILES string of the molecule is CN(Cc1ccc(C(N)=O)cc1)S(N)(=O)=O. The number of benzene rings is 1. The van der Waals surface area contributed by atoms with Crippen molar-refractivity contribution in [3.05, 3.63) is 35.4 Å². The fraction of sp³-hybridized carbons (Fsp3) is 0.222. The second kappa shape index (κ2) is 4.60. The van der Waals surface area contributed by atoms with Crippen molar-refractivity contribution in [2.75, 3.05) is 7.05 Å². The molecule has 0 heterocycles. The van der Waals surface area contributed by atoms with Gasteiger partial charge in [-0.25, -0.2) is 5.14 Å². The van der Waals surface area contributed by atoms with Crippen molar-refractivity contribution in [2.45, 2.75) is 6.54 Å². The first-order valence-corrected chi connectivity index (χ1v) is 5.94. The Hall–Kier alpha value is -1.44. The van der Waals surface area contributed by atoms with Crippen LogP contribution in [0.25, 0.3) is 0 Å². The van der Waals surface area contributed by atoms with E-state index in [2.05, 4.69) is 0 Å². The molecule has 1 aromatic rings. The molecule has 0 aromatic heterocycles. The van der Waals surface area contributed by atoms with Crippen LogP contribution in [0, 0.1) is 0 Å². The van der Waals surface area contributed by atoms with Crippen LogP contribution in [0.4, 0.5) is 0 Å². The summed E-state index contributed by atoms with van der Waals surface area (Å²) in [6.07, 6.45) is 0. The Morgan fingerprint density at radius 3 is 2.19 bits per heavy atom. The van der Waals surface area contributed by atoms with Crippen LogP contribution < -0.4 is 10.9 Å². The van der Waals surface area contributed by atoms with E-state index in [4.69, 9.17) is 10.9 Å². The van der Waals surface area contributed by atoms with E-state index in [0.717, 1.165) is 9.87 Å². The maximum absolute atomic E-state index is 10.9. The van der Waals surface area contributed by atoms with E-state index >= 15 is 0 Å². The largest absolute Gasteiger partial charge is 0.366 e. The number of hydrogen-bond acceptors (Lipinski definition) is 3. The molecule has 4 N–H and O–H groups in total. The number of hydrogen-bond donors (Lipinski definition) is 2. The zero-order valence-electron chi connectivity index (χ0n) is 8.75. The highest BCUT2D eigenvalue weighted by Gasteiger charge is 2.11. The van der Waals surface area contributed by atoms with E-state index in [-0.39, 0.29) is 6.54 Å². The summed E-state index contributed by atoms with van der Waals surface area (Å²) in [6.45, 7) is 0.151. The van der Waals surface area contributed by atoms with Crippen molar-refractivity contribution in [1.29, 1.82) is 0 Å². The Morgan fingerprint density at radius 1 is 1.31 bits per heavy atom. The predicted octanol–water partition coefficient (Wildman–Crippen LogP) is -0.579. The van der Waals surface area contributed by atoms with Crippen molar-refractivity contribution >= 4 is 16.1 Å². The standard InChI is InChI=1S/C9H13N3O3S/c1-12(16(11,14)15)6-7-2-4-8(5-3-7)9(10)13/h2-5H,6H2,1H3,(H2,10,13)(H2,11,14,15). The number of primary amides is 1. The molecule has 0 spiro atoms. The van der Waals surface area contributed by atoms with Crippen LogP contribution in [0.1, 0.15) is 15.9 Å². The lowest BCUT2D eigenvalue weighted by Crippen LogP contribution is -2.32. The molecule has 0 saturated heterocycles. The van der Waals surface area contributed by atoms with Crippen LogP contribution in [-0.4, -0.2) is 25.7 Å². The molecule has 0 aliphatic heterocycles. The summed E-state index contributed by atoms with van der Waals surface area (Å²) in [6, 6.07) is 6.33. The number of carbonyl (C=O) groups is 1. The maximum Gasteiger partial charge on any atom is 0.276 e. The van der Waals surface area contributed by atoms with Crippen molar-refractivity contribution in [3.63, 3.8) is 0 Å². The Bertz CT molecular complexity index is 481. The fourth-order valence-electron chi connectivity index (χ4n) is 1.12. The van der Waals surface area contributed by atoms with Crippen LogP contribution in [0.5, 0.6) is 0 Å². The van der Waals surface area contributed by atoms with E-state index in [0.29, 0.717) is 5.56 Å². The van der Waals surface area contributed by atoms with E-state index in [9.17, 15) is 13.2 Å². The topological polar surface area (TPSA) is 106 Å². The highest BCUT2D eigenvalue weighted by atomic mass is 32.2. The zero-order chi connectivity index (χ0) is 12.3. The third kappa shape index (κ3) is 3.30. The van der Waals surface area contributed by atoms with Crippen LogP contribution in [0.15, 0.2) is 24.3 Å². The van der Waals surface area contributed by atoms with Gasteiger partial charge in [0.2, 0.25) is 5.91 Å². The average Bonchev–Trinajstić information content (AvgIpc) is 2.17. The van der Waals surface area contributed by atoms with Crippen LogP contribution in [0.3, 0.4) is 0 Å². The minimum atomic E-state index is -3.69. The van der Waals surface area contributed by atoms with Gasteiger partial charge in [0.25, 0.3) is 10.2 Å². The number of carbonyl (C=O) groups excluding carboxylic acids is 1. The highest BCUT2D eigenvalue weighted by Crippen LogP contribution is 2.07. The first-order valence-electron chi connectivity index (χ1n) is 4.43. The lowest BCUT2D eigenvalue weighted by atomic mass is 10.1. The van der Waals surface area contributed by atoms with E-state index < -0.39 is 16.1 Å². The maximum atomic E-state index is 10.9. The summed E-state index contributed by atoms with van der Waals surface area (Å²) in [7, 11) is -2.31. The molecule has 1 amide bonds. The number of amides is 1. The van der Waals surface area contributed by atoms with Gasteiger partial charge in [0.15, 0.2) is 0 Å². The number of nitrogens with zero attached hydrogens (tertiary/aromatic N) is 1. The fourth-order valence-corrected chi connectivity index (χ4v) is 1.45. The van der Waals surface area contributed by atoms with Crippen LogP contribution >= 0.6 is 0 Å². The van der Waals surface area contributed by atoms with Gasteiger partial charge in [0, 0.05) is 19.2 Å².